The van der Waals surface area contributed by atoms with E-state index in [-0.39, 0.29) is 22.4 Å². The van der Waals surface area contributed by atoms with Crippen LogP contribution in [0.1, 0.15) is 83.8 Å². The van der Waals surface area contributed by atoms with Crippen LogP contribution in [-0.2, 0) is 5.41 Å². The van der Waals surface area contributed by atoms with E-state index in [1.165, 1.54) is 5.56 Å². The molecule has 0 amide bonds. The van der Waals surface area contributed by atoms with E-state index < -0.39 is 0 Å². The van der Waals surface area contributed by atoms with Gasteiger partial charge in [0.25, 0.3) is 0 Å². The minimum absolute atomic E-state index is 0.0430. The summed E-state index contributed by atoms with van der Waals surface area (Å²) in [6.45, 7) is 18.4. The zero-order valence-corrected chi connectivity index (χ0v) is 18.8. The van der Waals surface area contributed by atoms with Crippen LogP contribution in [0.3, 0.4) is 0 Å². The van der Waals surface area contributed by atoms with Crippen LogP contribution >= 0.6 is 0 Å². The summed E-state index contributed by atoms with van der Waals surface area (Å²) >= 11 is 0. The van der Waals surface area contributed by atoms with E-state index in [9.17, 15) is 4.79 Å². The lowest BCUT2D eigenvalue weighted by Crippen LogP contribution is -2.24. The van der Waals surface area contributed by atoms with E-state index in [2.05, 4.69) is 20.8 Å². The van der Waals surface area contributed by atoms with Gasteiger partial charge in [-0.05, 0) is 64.7 Å². The molecule has 3 nitrogen and oxygen atoms in total. The van der Waals surface area contributed by atoms with Gasteiger partial charge in [0.05, 0.1) is 0 Å². The van der Waals surface area contributed by atoms with Crippen molar-refractivity contribution in [2.45, 2.75) is 78.9 Å². The summed E-state index contributed by atoms with van der Waals surface area (Å²) in [6.07, 6.45) is 0. The highest BCUT2D eigenvalue weighted by molar-refractivity contribution is 6.09. The van der Waals surface area contributed by atoms with Gasteiger partial charge in [0.2, 0.25) is 0 Å². The minimum Gasteiger partial charge on any atom is -0.488 e. The van der Waals surface area contributed by atoms with Crippen molar-refractivity contribution >= 4 is 5.78 Å². The second kappa shape index (κ2) is 7.62. The maximum atomic E-state index is 13.1. The molecule has 0 fully saturated rings. The van der Waals surface area contributed by atoms with Gasteiger partial charge in [0, 0.05) is 17.2 Å². The number of ketones is 1. The van der Waals surface area contributed by atoms with Gasteiger partial charge in [0.15, 0.2) is 5.78 Å². The van der Waals surface area contributed by atoms with Gasteiger partial charge >= 0.3 is 0 Å². The highest BCUT2D eigenvalue weighted by Gasteiger charge is 2.20. The molecule has 0 N–H and O–H groups in total. The van der Waals surface area contributed by atoms with E-state index in [4.69, 9.17) is 9.47 Å². The quantitative estimate of drug-likeness (QED) is 0.561. The van der Waals surface area contributed by atoms with Gasteiger partial charge < -0.3 is 9.47 Å². The molecule has 2 aromatic carbocycles. The minimum atomic E-state index is -0.366. The van der Waals surface area contributed by atoms with Gasteiger partial charge in [-0.15, -0.1) is 0 Å². The van der Waals surface area contributed by atoms with E-state index in [0.29, 0.717) is 22.6 Å². The SMILES string of the molecule is CC(C)(C)Oc1cc(OC(C)(C)C)cc(C(=O)c2ccc(C(C)(C)C)cc2)c1. The van der Waals surface area contributed by atoms with Gasteiger partial charge in [0.1, 0.15) is 22.7 Å². The summed E-state index contributed by atoms with van der Waals surface area (Å²) in [4.78, 5) is 13.1. The molecule has 2 aromatic rings. The lowest BCUT2D eigenvalue weighted by Gasteiger charge is -2.25. The molecule has 0 spiro atoms. The van der Waals surface area contributed by atoms with Crippen LogP contribution in [0.2, 0.25) is 0 Å². The van der Waals surface area contributed by atoms with Crippen LogP contribution < -0.4 is 9.47 Å². The molecule has 3 heteroatoms. The fourth-order valence-corrected chi connectivity index (χ4v) is 2.82. The first-order chi connectivity index (χ1) is 12.6. The summed E-state index contributed by atoms with van der Waals surface area (Å²) in [6, 6.07) is 13.3. The first-order valence-electron chi connectivity index (χ1n) is 9.82. The van der Waals surface area contributed by atoms with Gasteiger partial charge in [-0.3, -0.25) is 4.79 Å². The number of carbonyl (C=O) groups is 1. The van der Waals surface area contributed by atoms with E-state index in [0.717, 1.165) is 0 Å². The summed E-state index contributed by atoms with van der Waals surface area (Å²) in [7, 11) is 0. The zero-order valence-electron chi connectivity index (χ0n) is 18.8. The zero-order chi connectivity index (χ0) is 21.3. The summed E-state index contributed by atoms with van der Waals surface area (Å²) in [5.74, 6) is 1.21. The summed E-state index contributed by atoms with van der Waals surface area (Å²) < 4.78 is 12.0. The molecular formula is C25H34O3. The molecule has 0 saturated heterocycles. The molecular weight excluding hydrogens is 348 g/mol. The van der Waals surface area contributed by atoms with Crippen LogP contribution in [-0.4, -0.2) is 17.0 Å². The smallest absolute Gasteiger partial charge is 0.193 e. The Morgan fingerprint density at radius 1 is 0.643 bits per heavy atom. The lowest BCUT2D eigenvalue weighted by molar-refractivity contribution is 0.102. The standard InChI is InChI=1S/C25H34O3/c1-23(2,3)19-12-10-17(11-13-19)22(26)18-14-20(27-24(4,5)6)16-21(15-18)28-25(7,8)9/h10-16H,1-9H3. The first kappa shape index (κ1) is 22.0. The fraction of sp³-hybridized carbons (Fsp3) is 0.480. The van der Waals surface area contributed by atoms with Crippen LogP contribution in [0.25, 0.3) is 0 Å². The van der Waals surface area contributed by atoms with Crippen molar-refractivity contribution in [2.24, 2.45) is 0 Å². The molecule has 0 atom stereocenters. The molecule has 0 aromatic heterocycles. The van der Waals surface area contributed by atoms with Gasteiger partial charge in [-0.25, -0.2) is 0 Å². The van der Waals surface area contributed by atoms with Crippen molar-refractivity contribution in [3.63, 3.8) is 0 Å². The molecule has 2 rings (SSSR count). The third-order valence-electron chi connectivity index (χ3n) is 4.00. The number of hydrogen-bond acceptors (Lipinski definition) is 3. The topological polar surface area (TPSA) is 35.5 Å². The Bertz CT molecular complexity index is 792. The predicted octanol–water partition coefficient (Wildman–Crippen LogP) is 6.57. The van der Waals surface area contributed by atoms with E-state index in [1.54, 1.807) is 12.1 Å². The number of benzene rings is 2. The maximum Gasteiger partial charge on any atom is 0.193 e. The summed E-state index contributed by atoms with van der Waals surface area (Å²) in [5, 5.41) is 0. The first-order valence-corrected chi connectivity index (χ1v) is 9.82. The van der Waals surface area contributed by atoms with E-state index in [1.807, 2.05) is 71.9 Å². The normalized spacial score (nSPS) is 12.6. The molecule has 152 valence electrons. The average Bonchev–Trinajstić information content (AvgIpc) is 2.50. The molecule has 28 heavy (non-hydrogen) atoms. The van der Waals surface area contributed by atoms with Crippen molar-refractivity contribution in [3.8, 4) is 11.5 Å². The number of carbonyl (C=O) groups excluding carboxylic acids is 1. The molecule has 0 aliphatic rings. The second-order valence-electron chi connectivity index (χ2n) is 10.3. The third-order valence-corrected chi connectivity index (χ3v) is 4.00. The Kier molecular flexibility index (Phi) is 5.98. The van der Waals surface area contributed by atoms with Crippen molar-refractivity contribution < 1.29 is 14.3 Å². The molecule has 0 unspecified atom stereocenters. The lowest BCUT2D eigenvalue weighted by atomic mass is 9.86. The Morgan fingerprint density at radius 2 is 1.07 bits per heavy atom. The fourth-order valence-electron chi connectivity index (χ4n) is 2.82. The predicted molar refractivity (Wildman–Crippen MR) is 116 cm³/mol. The van der Waals surface area contributed by atoms with Crippen LogP contribution in [0, 0.1) is 0 Å². The molecule has 0 saturated carbocycles. The Hall–Kier alpha value is -2.29. The van der Waals surface area contributed by atoms with Crippen LogP contribution in [0.15, 0.2) is 42.5 Å². The Morgan fingerprint density at radius 3 is 1.43 bits per heavy atom. The molecule has 0 heterocycles. The molecule has 0 radical (unpaired) electrons. The Balaban J connectivity index is 2.43. The summed E-state index contributed by atoms with van der Waals surface area (Å²) in [5.41, 5.74) is 1.73. The number of hydrogen-bond donors (Lipinski definition) is 0. The van der Waals surface area contributed by atoms with Crippen LogP contribution in [0.5, 0.6) is 11.5 Å². The number of rotatable bonds is 4. The van der Waals surface area contributed by atoms with Crippen molar-refractivity contribution in [2.75, 3.05) is 0 Å². The Labute approximate surface area is 170 Å². The van der Waals surface area contributed by atoms with Crippen molar-refractivity contribution in [1.82, 2.24) is 0 Å². The number of ether oxygens (including phenoxy) is 2. The monoisotopic (exact) mass is 382 g/mol. The van der Waals surface area contributed by atoms with Crippen LogP contribution in [0.4, 0.5) is 0 Å². The largest absolute Gasteiger partial charge is 0.488 e. The second-order valence-corrected chi connectivity index (χ2v) is 10.3. The molecule has 0 aliphatic heterocycles. The average molecular weight is 383 g/mol. The van der Waals surface area contributed by atoms with Crippen molar-refractivity contribution in [1.29, 1.82) is 0 Å². The van der Waals surface area contributed by atoms with Gasteiger partial charge in [-0.1, -0.05) is 45.0 Å². The third kappa shape index (κ3) is 6.40. The highest BCUT2D eigenvalue weighted by atomic mass is 16.5. The van der Waals surface area contributed by atoms with E-state index >= 15 is 0 Å². The molecule has 0 bridgehead atoms. The maximum absolute atomic E-state index is 13.1. The van der Waals surface area contributed by atoms with Gasteiger partial charge in [-0.2, -0.15) is 0 Å². The molecule has 0 aliphatic carbocycles. The highest BCUT2D eigenvalue weighted by Crippen LogP contribution is 2.30. The van der Waals surface area contributed by atoms with Crippen molar-refractivity contribution in [3.05, 3.63) is 59.2 Å².